The normalized spacial score (nSPS) is 24.2. The van der Waals surface area contributed by atoms with Crippen LogP contribution in [0.3, 0.4) is 0 Å². The van der Waals surface area contributed by atoms with E-state index in [0.717, 1.165) is 29.2 Å². The van der Waals surface area contributed by atoms with Crippen molar-refractivity contribution in [3.63, 3.8) is 0 Å². The number of nitrogens with one attached hydrogen (secondary N) is 1. The second-order valence-corrected chi connectivity index (χ2v) is 5.08. The number of hydrogen-bond acceptors (Lipinski definition) is 3. The highest BCUT2D eigenvalue weighted by Gasteiger charge is 2.22. The van der Waals surface area contributed by atoms with Crippen molar-refractivity contribution < 1.29 is 4.39 Å². The largest absolute Gasteiger partial charge is 0.379 e. The van der Waals surface area contributed by atoms with Crippen molar-refractivity contribution in [3.05, 3.63) is 53.0 Å². The van der Waals surface area contributed by atoms with Gasteiger partial charge in [-0.25, -0.2) is 14.4 Å². The van der Waals surface area contributed by atoms with Gasteiger partial charge in [0.25, 0.3) is 0 Å². The maximum Gasteiger partial charge on any atom is 0.123 e. The first kappa shape index (κ1) is 12.8. The zero-order chi connectivity index (χ0) is 14.1. The number of benzene rings is 1. The number of rotatable bonds is 1. The van der Waals surface area contributed by atoms with Gasteiger partial charge in [-0.2, -0.15) is 0 Å². The molecule has 0 saturated carbocycles. The van der Waals surface area contributed by atoms with Crippen LogP contribution in [0.2, 0.25) is 0 Å². The Balaban J connectivity index is 2.08. The van der Waals surface area contributed by atoms with Gasteiger partial charge in [-0.3, -0.25) is 0 Å². The molecule has 1 unspecified atom stereocenters. The SMILES string of the molecule is CC1=NC=NC2=C(c3ccc(F)cc3)NC/C2=C\C1C. The van der Waals surface area contributed by atoms with Crippen LogP contribution in [0.15, 0.2) is 51.6 Å². The molecule has 3 rings (SSSR count). The first-order valence-electron chi connectivity index (χ1n) is 6.67. The van der Waals surface area contributed by atoms with E-state index in [2.05, 4.69) is 28.3 Å². The van der Waals surface area contributed by atoms with Crippen LogP contribution in [-0.2, 0) is 0 Å². The van der Waals surface area contributed by atoms with Crippen molar-refractivity contribution in [3.8, 4) is 0 Å². The van der Waals surface area contributed by atoms with E-state index in [1.165, 1.54) is 17.7 Å². The Labute approximate surface area is 117 Å². The van der Waals surface area contributed by atoms with Crippen molar-refractivity contribution in [2.45, 2.75) is 13.8 Å². The average Bonchev–Trinajstić information content (AvgIpc) is 2.81. The zero-order valence-corrected chi connectivity index (χ0v) is 11.5. The molecule has 0 fully saturated rings. The highest BCUT2D eigenvalue weighted by molar-refractivity contribution is 5.93. The molecule has 1 atom stereocenters. The number of halogens is 1. The average molecular weight is 269 g/mol. The molecule has 4 heteroatoms. The van der Waals surface area contributed by atoms with E-state index >= 15 is 0 Å². The molecule has 0 aromatic heterocycles. The first-order chi connectivity index (χ1) is 9.65. The highest BCUT2D eigenvalue weighted by atomic mass is 19.1. The molecule has 0 saturated heterocycles. The molecule has 102 valence electrons. The van der Waals surface area contributed by atoms with E-state index in [4.69, 9.17) is 0 Å². The molecule has 1 N–H and O–H groups in total. The van der Waals surface area contributed by atoms with Gasteiger partial charge < -0.3 is 5.32 Å². The summed E-state index contributed by atoms with van der Waals surface area (Å²) in [4.78, 5) is 8.78. The maximum absolute atomic E-state index is 13.0. The third-order valence-corrected chi connectivity index (χ3v) is 3.69. The van der Waals surface area contributed by atoms with Gasteiger partial charge in [-0.15, -0.1) is 0 Å². The fraction of sp³-hybridized carbons (Fsp3) is 0.250. The number of nitrogens with zero attached hydrogens (tertiary/aromatic N) is 2. The first-order valence-corrected chi connectivity index (χ1v) is 6.67. The Hall–Kier alpha value is -2.23. The molecule has 0 amide bonds. The summed E-state index contributed by atoms with van der Waals surface area (Å²) in [5, 5.41) is 3.35. The lowest BCUT2D eigenvalue weighted by Gasteiger charge is -2.10. The molecule has 0 radical (unpaired) electrons. The van der Waals surface area contributed by atoms with Crippen LogP contribution in [0.4, 0.5) is 4.39 Å². The summed E-state index contributed by atoms with van der Waals surface area (Å²) < 4.78 is 13.0. The van der Waals surface area contributed by atoms with Gasteiger partial charge in [0.05, 0.1) is 11.4 Å². The monoisotopic (exact) mass is 269 g/mol. The van der Waals surface area contributed by atoms with Crippen molar-refractivity contribution in [1.29, 1.82) is 0 Å². The van der Waals surface area contributed by atoms with Gasteiger partial charge in [0.2, 0.25) is 0 Å². The van der Waals surface area contributed by atoms with Gasteiger partial charge in [-0.1, -0.05) is 13.0 Å². The minimum absolute atomic E-state index is 0.233. The lowest BCUT2D eigenvalue weighted by molar-refractivity contribution is 0.627. The topological polar surface area (TPSA) is 36.8 Å². The highest BCUT2D eigenvalue weighted by Crippen LogP contribution is 2.30. The Bertz CT molecular complexity index is 651. The molecule has 2 aliphatic rings. The second-order valence-electron chi connectivity index (χ2n) is 5.08. The standard InChI is InChI=1S/C16H16FN3/c1-10-7-13-8-18-15(12-3-5-14(17)6-4-12)16(13)20-9-19-11(10)2/h3-7,9-10,18H,8H2,1-2H3/b13-7+,19-11?,20-9?. The Morgan fingerprint density at radius 3 is 2.75 bits per heavy atom. The molecular weight excluding hydrogens is 253 g/mol. The summed E-state index contributed by atoms with van der Waals surface area (Å²) in [5.74, 6) is 0.0595. The molecule has 1 aromatic rings. The number of hydrogen-bond donors (Lipinski definition) is 1. The Morgan fingerprint density at radius 2 is 2.00 bits per heavy atom. The summed E-state index contributed by atoms with van der Waals surface area (Å²) in [6.07, 6.45) is 3.79. The molecule has 0 aliphatic carbocycles. The Morgan fingerprint density at radius 1 is 1.25 bits per heavy atom. The van der Waals surface area contributed by atoms with Crippen LogP contribution in [0.1, 0.15) is 19.4 Å². The molecule has 2 aliphatic heterocycles. The third kappa shape index (κ3) is 2.29. The zero-order valence-electron chi connectivity index (χ0n) is 11.5. The van der Waals surface area contributed by atoms with E-state index < -0.39 is 0 Å². The minimum Gasteiger partial charge on any atom is -0.379 e. The van der Waals surface area contributed by atoms with Crippen LogP contribution in [-0.4, -0.2) is 18.6 Å². The van der Waals surface area contributed by atoms with E-state index in [1.54, 1.807) is 18.5 Å². The molecule has 3 nitrogen and oxygen atoms in total. The van der Waals surface area contributed by atoms with Crippen LogP contribution < -0.4 is 5.32 Å². The molecule has 0 spiro atoms. The van der Waals surface area contributed by atoms with E-state index in [1.807, 2.05) is 6.92 Å². The fourth-order valence-electron chi connectivity index (χ4n) is 2.37. The number of allylic oxidation sites excluding steroid dienone is 1. The third-order valence-electron chi connectivity index (χ3n) is 3.69. The summed E-state index contributed by atoms with van der Waals surface area (Å²) in [6, 6.07) is 6.45. The van der Waals surface area contributed by atoms with E-state index in [9.17, 15) is 4.39 Å². The van der Waals surface area contributed by atoms with Crippen molar-refractivity contribution in [2.24, 2.45) is 15.9 Å². The lowest BCUT2D eigenvalue weighted by Crippen LogP contribution is -2.10. The van der Waals surface area contributed by atoms with Gasteiger partial charge in [0, 0.05) is 23.7 Å². The minimum atomic E-state index is -0.233. The smallest absolute Gasteiger partial charge is 0.123 e. The van der Waals surface area contributed by atoms with E-state index in [-0.39, 0.29) is 5.82 Å². The van der Waals surface area contributed by atoms with Crippen molar-refractivity contribution >= 4 is 17.7 Å². The molecule has 0 bridgehead atoms. The summed E-state index contributed by atoms with van der Waals surface area (Å²) in [5.41, 5.74) is 5.00. The molecule has 2 heterocycles. The van der Waals surface area contributed by atoms with Gasteiger partial charge in [0.1, 0.15) is 12.2 Å². The number of fused-ring (bicyclic) bond motifs is 1. The molecule has 1 aromatic carbocycles. The molecule has 20 heavy (non-hydrogen) atoms. The predicted octanol–water partition coefficient (Wildman–Crippen LogP) is 3.16. The van der Waals surface area contributed by atoms with Gasteiger partial charge >= 0.3 is 0 Å². The summed E-state index contributed by atoms with van der Waals surface area (Å²) in [7, 11) is 0. The van der Waals surface area contributed by atoms with Crippen molar-refractivity contribution in [2.75, 3.05) is 6.54 Å². The maximum atomic E-state index is 13.0. The fourth-order valence-corrected chi connectivity index (χ4v) is 2.37. The number of aliphatic imine (C=N–C) groups is 2. The van der Waals surface area contributed by atoms with Crippen molar-refractivity contribution in [1.82, 2.24) is 5.32 Å². The second kappa shape index (κ2) is 5.04. The summed E-state index contributed by atoms with van der Waals surface area (Å²) in [6.45, 7) is 4.88. The summed E-state index contributed by atoms with van der Waals surface area (Å²) >= 11 is 0. The van der Waals surface area contributed by atoms with Crippen LogP contribution in [0.25, 0.3) is 5.70 Å². The van der Waals surface area contributed by atoms with Gasteiger partial charge in [-0.05, 0) is 36.8 Å². The van der Waals surface area contributed by atoms with Crippen LogP contribution in [0, 0.1) is 11.7 Å². The van der Waals surface area contributed by atoms with Crippen LogP contribution in [0.5, 0.6) is 0 Å². The Kier molecular flexibility index (Phi) is 3.22. The van der Waals surface area contributed by atoms with E-state index in [0.29, 0.717) is 5.92 Å². The molecular formula is C16H16FN3. The van der Waals surface area contributed by atoms with Crippen LogP contribution >= 0.6 is 0 Å². The van der Waals surface area contributed by atoms with Gasteiger partial charge in [0.15, 0.2) is 0 Å². The predicted molar refractivity (Wildman–Crippen MR) is 80.2 cm³/mol. The quantitative estimate of drug-likeness (QED) is 0.835. The lowest BCUT2D eigenvalue weighted by atomic mass is 10.0.